The number of amides is 1. The van der Waals surface area contributed by atoms with Crippen LogP contribution in [0, 0.1) is 0 Å². The zero-order valence-electron chi connectivity index (χ0n) is 11.2. The first-order valence-electron chi connectivity index (χ1n) is 6.53. The van der Waals surface area contributed by atoms with Crippen LogP contribution in [0.1, 0.15) is 11.3 Å². The summed E-state index contributed by atoms with van der Waals surface area (Å²) in [6.45, 7) is 0. The normalized spacial score (nSPS) is 10.7. The number of benzene rings is 2. The number of rotatable bonds is 4. The molecule has 3 aromatic rings. The summed E-state index contributed by atoms with van der Waals surface area (Å²) in [7, 11) is 0. The highest BCUT2D eigenvalue weighted by atomic mass is 35.5. The Bertz CT molecular complexity index is 779. The molecule has 5 heteroatoms. The highest BCUT2D eigenvalue weighted by Crippen LogP contribution is 2.20. The smallest absolute Gasteiger partial charge is 0.230 e. The number of thiazole rings is 1. The van der Waals surface area contributed by atoms with Crippen LogP contribution < -0.4 is 5.32 Å². The van der Waals surface area contributed by atoms with Gasteiger partial charge in [0.1, 0.15) is 0 Å². The second-order valence-corrected chi connectivity index (χ2v) is 5.77. The predicted molar refractivity (Wildman–Crippen MR) is 88.0 cm³/mol. The molecule has 0 atom stereocenters. The fourth-order valence-electron chi connectivity index (χ4n) is 2.21. The summed E-state index contributed by atoms with van der Waals surface area (Å²) in [6.07, 6.45) is 0.330. The minimum absolute atomic E-state index is 0.0678. The third kappa shape index (κ3) is 3.23. The summed E-state index contributed by atoms with van der Waals surface area (Å²) in [5.41, 5.74) is 1.79. The number of aromatic nitrogens is 1. The molecule has 1 amide bonds. The highest BCUT2D eigenvalue weighted by molar-refractivity contribution is 7.13. The van der Waals surface area contributed by atoms with Crippen LogP contribution in [0.3, 0.4) is 0 Å². The molecule has 0 fully saturated rings. The van der Waals surface area contributed by atoms with E-state index < -0.39 is 0 Å². The van der Waals surface area contributed by atoms with E-state index in [1.807, 2.05) is 47.8 Å². The molecule has 0 aliphatic carbocycles. The van der Waals surface area contributed by atoms with E-state index in [1.165, 1.54) is 11.3 Å². The lowest BCUT2D eigenvalue weighted by atomic mass is 10.0. The van der Waals surface area contributed by atoms with Gasteiger partial charge in [-0.15, -0.1) is 22.9 Å². The SMILES string of the molecule is O=C(Cc1cccc2ccccc12)Nc1nc(CCl)cs1. The molecule has 0 aliphatic rings. The first-order valence-corrected chi connectivity index (χ1v) is 7.94. The van der Waals surface area contributed by atoms with Crippen LogP contribution in [0.5, 0.6) is 0 Å². The lowest BCUT2D eigenvalue weighted by Gasteiger charge is -2.06. The van der Waals surface area contributed by atoms with E-state index in [-0.39, 0.29) is 5.91 Å². The molecule has 21 heavy (non-hydrogen) atoms. The number of fused-ring (bicyclic) bond motifs is 1. The average molecular weight is 317 g/mol. The second kappa shape index (κ2) is 6.24. The third-order valence-corrected chi connectivity index (χ3v) is 4.25. The van der Waals surface area contributed by atoms with Gasteiger partial charge in [0.2, 0.25) is 5.91 Å². The van der Waals surface area contributed by atoms with Crippen LogP contribution in [0.4, 0.5) is 5.13 Å². The van der Waals surface area contributed by atoms with Gasteiger partial charge in [0.05, 0.1) is 18.0 Å². The molecule has 0 saturated heterocycles. The molecule has 0 unspecified atom stereocenters. The molecule has 3 nitrogen and oxygen atoms in total. The molecule has 0 spiro atoms. The summed E-state index contributed by atoms with van der Waals surface area (Å²) in [6, 6.07) is 14.1. The van der Waals surface area contributed by atoms with Crippen LogP contribution in [-0.2, 0) is 17.1 Å². The molecule has 0 bridgehead atoms. The summed E-state index contributed by atoms with van der Waals surface area (Å²) < 4.78 is 0. The topological polar surface area (TPSA) is 42.0 Å². The fourth-order valence-corrected chi connectivity index (χ4v) is 3.16. The maximum absolute atomic E-state index is 12.1. The van der Waals surface area contributed by atoms with E-state index in [9.17, 15) is 4.79 Å². The molecule has 0 aliphatic heterocycles. The van der Waals surface area contributed by atoms with Gasteiger partial charge in [0.25, 0.3) is 0 Å². The molecule has 2 aromatic carbocycles. The average Bonchev–Trinajstić information content (AvgIpc) is 2.95. The molecule has 1 N–H and O–H groups in total. The van der Waals surface area contributed by atoms with Gasteiger partial charge in [0, 0.05) is 5.38 Å². The van der Waals surface area contributed by atoms with Crippen molar-refractivity contribution < 1.29 is 4.79 Å². The van der Waals surface area contributed by atoms with Gasteiger partial charge in [-0.05, 0) is 16.3 Å². The number of anilines is 1. The van der Waals surface area contributed by atoms with Crippen LogP contribution in [-0.4, -0.2) is 10.9 Å². The number of halogens is 1. The van der Waals surface area contributed by atoms with Crippen molar-refractivity contribution in [1.82, 2.24) is 4.98 Å². The quantitative estimate of drug-likeness (QED) is 0.732. The Kier molecular flexibility index (Phi) is 4.18. The summed E-state index contributed by atoms with van der Waals surface area (Å²) in [5, 5.41) is 7.51. The largest absolute Gasteiger partial charge is 0.302 e. The van der Waals surface area contributed by atoms with Crippen molar-refractivity contribution in [2.45, 2.75) is 12.3 Å². The number of hydrogen-bond acceptors (Lipinski definition) is 3. The van der Waals surface area contributed by atoms with Gasteiger partial charge in [-0.3, -0.25) is 4.79 Å². The first-order chi connectivity index (χ1) is 10.3. The van der Waals surface area contributed by atoms with Crippen molar-refractivity contribution in [3.8, 4) is 0 Å². The van der Waals surface area contributed by atoms with Gasteiger partial charge >= 0.3 is 0 Å². The van der Waals surface area contributed by atoms with Crippen molar-refractivity contribution >= 4 is 44.7 Å². The van der Waals surface area contributed by atoms with Crippen LogP contribution in [0.15, 0.2) is 47.8 Å². The van der Waals surface area contributed by atoms with E-state index in [4.69, 9.17) is 11.6 Å². The maximum Gasteiger partial charge on any atom is 0.230 e. The molecule has 1 heterocycles. The lowest BCUT2D eigenvalue weighted by Crippen LogP contribution is -2.14. The Morgan fingerprint density at radius 2 is 2.00 bits per heavy atom. The van der Waals surface area contributed by atoms with Gasteiger partial charge in [-0.25, -0.2) is 4.98 Å². The first kappa shape index (κ1) is 14.0. The van der Waals surface area contributed by atoms with Crippen LogP contribution >= 0.6 is 22.9 Å². The van der Waals surface area contributed by atoms with E-state index >= 15 is 0 Å². The molecule has 1 aromatic heterocycles. The molecular formula is C16H13ClN2OS. The standard InChI is InChI=1S/C16H13ClN2OS/c17-9-13-10-21-16(18-13)19-15(20)8-12-6-3-5-11-4-1-2-7-14(11)12/h1-7,10H,8-9H2,(H,18,19,20). The molecule has 3 rings (SSSR count). The predicted octanol–water partition coefficient (Wildman–Crippen LogP) is 4.22. The number of hydrogen-bond donors (Lipinski definition) is 1. The Labute approximate surface area is 131 Å². The highest BCUT2D eigenvalue weighted by Gasteiger charge is 2.09. The van der Waals surface area contributed by atoms with E-state index in [2.05, 4.69) is 10.3 Å². The van der Waals surface area contributed by atoms with Crippen LogP contribution in [0.25, 0.3) is 10.8 Å². The Balaban J connectivity index is 1.77. The minimum Gasteiger partial charge on any atom is -0.302 e. The third-order valence-electron chi connectivity index (χ3n) is 3.17. The van der Waals surface area contributed by atoms with Crippen LogP contribution in [0.2, 0.25) is 0 Å². The van der Waals surface area contributed by atoms with Crippen molar-refractivity contribution in [3.05, 3.63) is 59.1 Å². The zero-order valence-corrected chi connectivity index (χ0v) is 12.7. The molecule has 0 saturated carbocycles. The van der Waals surface area contributed by atoms with Gasteiger partial charge < -0.3 is 5.32 Å². The van der Waals surface area contributed by atoms with Crippen molar-refractivity contribution in [2.75, 3.05) is 5.32 Å². The van der Waals surface area contributed by atoms with Crippen molar-refractivity contribution in [1.29, 1.82) is 0 Å². The maximum atomic E-state index is 12.1. The van der Waals surface area contributed by atoms with E-state index in [0.29, 0.717) is 17.4 Å². The molecule has 0 radical (unpaired) electrons. The van der Waals surface area contributed by atoms with E-state index in [1.54, 1.807) is 0 Å². The molecule has 106 valence electrons. The number of nitrogens with zero attached hydrogens (tertiary/aromatic N) is 1. The van der Waals surface area contributed by atoms with E-state index in [0.717, 1.165) is 22.0 Å². The van der Waals surface area contributed by atoms with Gasteiger partial charge in [0.15, 0.2) is 5.13 Å². The summed E-state index contributed by atoms with van der Waals surface area (Å²) in [5.74, 6) is 0.289. The second-order valence-electron chi connectivity index (χ2n) is 4.64. The Morgan fingerprint density at radius 3 is 2.81 bits per heavy atom. The fraction of sp³-hybridized carbons (Fsp3) is 0.125. The summed E-state index contributed by atoms with van der Waals surface area (Å²) in [4.78, 5) is 16.4. The Hall–Kier alpha value is -1.91. The Morgan fingerprint density at radius 1 is 1.19 bits per heavy atom. The number of alkyl halides is 1. The summed E-state index contributed by atoms with van der Waals surface area (Å²) >= 11 is 7.09. The van der Waals surface area contributed by atoms with Gasteiger partial charge in [-0.2, -0.15) is 0 Å². The van der Waals surface area contributed by atoms with Crippen molar-refractivity contribution in [2.24, 2.45) is 0 Å². The number of nitrogens with one attached hydrogen (secondary N) is 1. The van der Waals surface area contributed by atoms with Crippen molar-refractivity contribution in [3.63, 3.8) is 0 Å². The monoisotopic (exact) mass is 316 g/mol. The molecular weight excluding hydrogens is 304 g/mol. The van der Waals surface area contributed by atoms with Gasteiger partial charge in [-0.1, -0.05) is 42.5 Å². The zero-order chi connectivity index (χ0) is 14.7. The number of carbonyl (C=O) groups excluding carboxylic acids is 1. The number of carbonyl (C=O) groups is 1. The lowest BCUT2D eigenvalue weighted by molar-refractivity contribution is -0.115. The minimum atomic E-state index is -0.0678.